The van der Waals surface area contributed by atoms with Gasteiger partial charge >= 0.3 is 5.97 Å². The summed E-state index contributed by atoms with van der Waals surface area (Å²) in [5.74, 6) is -1.02. The lowest BCUT2D eigenvalue weighted by Gasteiger charge is -2.44. The number of carbonyl (C=O) groups is 4. The molecule has 0 saturated heterocycles. The van der Waals surface area contributed by atoms with E-state index in [-0.39, 0.29) is 18.3 Å². The number of benzene rings is 2. The third-order valence-electron chi connectivity index (χ3n) is 5.90. The molecule has 0 bridgehead atoms. The Morgan fingerprint density at radius 3 is 2.38 bits per heavy atom. The number of para-hydroxylation sites is 2. The Balaban J connectivity index is 1.40. The van der Waals surface area contributed by atoms with Crippen molar-refractivity contribution in [3.05, 3.63) is 54.1 Å². The molecule has 2 aromatic carbocycles. The smallest absolute Gasteiger partial charge is 0.344 e. The number of hydrogen-bond donors (Lipinski definition) is 1. The van der Waals surface area contributed by atoms with Crippen LogP contribution in [0.15, 0.2) is 48.5 Å². The van der Waals surface area contributed by atoms with Crippen LogP contribution in [-0.2, 0) is 19.1 Å². The molecule has 1 heterocycles. The second-order valence-electron chi connectivity index (χ2n) is 7.97. The first-order valence-corrected chi connectivity index (χ1v) is 10.5. The van der Waals surface area contributed by atoms with Crippen LogP contribution in [0.5, 0.6) is 5.75 Å². The largest absolute Gasteiger partial charge is 0.482 e. The summed E-state index contributed by atoms with van der Waals surface area (Å²) in [6.45, 7) is 0.591. The molecule has 1 aliphatic heterocycles. The molecule has 1 fully saturated rings. The van der Waals surface area contributed by atoms with Gasteiger partial charge in [0.15, 0.2) is 19.0 Å². The van der Waals surface area contributed by atoms with Gasteiger partial charge in [0.2, 0.25) is 0 Å². The molecule has 2 amide bonds. The van der Waals surface area contributed by atoms with Crippen LogP contribution < -0.4 is 15.0 Å². The van der Waals surface area contributed by atoms with Crippen LogP contribution in [0.25, 0.3) is 0 Å². The Hall–Kier alpha value is -3.68. The molecule has 1 aliphatic carbocycles. The van der Waals surface area contributed by atoms with E-state index in [0.29, 0.717) is 35.5 Å². The van der Waals surface area contributed by atoms with Crippen molar-refractivity contribution in [1.29, 1.82) is 0 Å². The van der Waals surface area contributed by atoms with Gasteiger partial charge in [0, 0.05) is 5.56 Å². The van der Waals surface area contributed by atoms with E-state index in [9.17, 15) is 19.2 Å². The van der Waals surface area contributed by atoms with E-state index in [1.165, 1.54) is 11.8 Å². The molecule has 0 aromatic heterocycles. The van der Waals surface area contributed by atoms with Crippen molar-refractivity contribution in [2.24, 2.45) is 0 Å². The van der Waals surface area contributed by atoms with Crippen molar-refractivity contribution in [2.75, 3.05) is 23.4 Å². The SMILES string of the molecule is CC(=O)c1ccc(OCC(=O)OCC(=O)N2c3ccccc3NC(=O)C23CCCC3)cc1. The molecule has 166 valence electrons. The number of anilines is 2. The van der Waals surface area contributed by atoms with E-state index in [0.717, 1.165) is 12.8 Å². The van der Waals surface area contributed by atoms with Gasteiger partial charge in [0.05, 0.1) is 11.4 Å². The van der Waals surface area contributed by atoms with Gasteiger partial charge in [-0.25, -0.2) is 4.79 Å². The zero-order valence-electron chi connectivity index (χ0n) is 17.8. The summed E-state index contributed by atoms with van der Waals surface area (Å²) in [6.07, 6.45) is 2.81. The summed E-state index contributed by atoms with van der Waals surface area (Å²) in [7, 11) is 0. The van der Waals surface area contributed by atoms with Gasteiger partial charge in [-0.2, -0.15) is 0 Å². The first-order valence-electron chi connectivity index (χ1n) is 10.5. The summed E-state index contributed by atoms with van der Waals surface area (Å²) in [5.41, 5.74) is 0.758. The zero-order chi connectivity index (χ0) is 22.7. The molecule has 8 heteroatoms. The van der Waals surface area contributed by atoms with E-state index < -0.39 is 24.0 Å². The molecular weight excluding hydrogens is 412 g/mol. The summed E-state index contributed by atoms with van der Waals surface area (Å²) < 4.78 is 10.5. The number of ether oxygens (including phenoxy) is 2. The van der Waals surface area contributed by atoms with Gasteiger partial charge in [-0.15, -0.1) is 0 Å². The molecule has 2 aromatic rings. The van der Waals surface area contributed by atoms with Crippen LogP contribution in [0.2, 0.25) is 0 Å². The number of hydrogen-bond acceptors (Lipinski definition) is 6. The zero-order valence-corrected chi connectivity index (χ0v) is 17.8. The van der Waals surface area contributed by atoms with Crippen molar-refractivity contribution in [3.63, 3.8) is 0 Å². The first-order chi connectivity index (χ1) is 15.4. The van der Waals surface area contributed by atoms with Crippen molar-refractivity contribution in [3.8, 4) is 5.75 Å². The summed E-state index contributed by atoms with van der Waals surface area (Å²) in [5, 5.41) is 2.91. The monoisotopic (exact) mass is 436 g/mol. The van der Waals surface area contributed by atoms with Crippen molar-refractivity contribution >= 4 is 34.9 Å². The molecule has 4 rings (SSSR count). The third kappa shape index (κ3) is 4.08. The Morgan fingerprint density at radius 1 is 1.00 bits per heavy atom. The fourth-order valence-electron chi connectivity index (χ4n) is 4.31. The number of amides is 2. The Morgan fingerprint density at radius 2 is 1.69 bits per heavy atom. The number of esters is 1. The number of fused-ring (bicyclic) bond motifs is 1. The fraction of sp³-hybridized carbons (Fsp3) is 0.333. The third-order valence-corrected chi connectivity index (χ3v) is 5.90. The maximum atomic E-state index is 13.1. The minimum atomic E-state index is -0.952. The molecule has 1 saturated carbocycles. The number of ketones is 1. The molecule has 32 heavy (non-hydrogen) atoms. The van der Waals surface area contributed by atoms with Crippen LogP contribution in [0.1, 0.15) is 43.0 Å². The van der Waals surface area contributed by atoms with Crippen molar-refractivity contribution < 1.29 is 28.7 Å². The number of rotatable bonds is 6. The van der Waals surface area contributed by atoms with Crippen LogP contribution in [0.4, 0.5) is 11.4 Å². The van der Waals surface area contributed by atoms with Gasteiger partial charge in [0.1, 0.15) is 11.3 Å². The lowest BCUT2D eigenvalue weighted by atomic mass is 9.90. The van der Waals surface area contributed by atoms with Crippen LogP contribution in [0.3, 0.4) is 0 Å². The quantitative estimate of drug-likeness (QED) is 0.552. The summed E-state index contributed by atoms with van der Waals surface area (Å²) in [6, 6.07) is 13.5. The lowest BCUT2D eigenvalue weighted by molar-refractivity contribution is -0.150. The fourth-order valence-corrected chi connectivity index (χ4v) is 4.31. The standard InChI is InChI=1S/C24H24N2O6/c1-16(27)17-8-10-18(11-9-17)31-15-22(29)32-14-21(28)26-20-7-3-2-6-19(20)25-23(30)24(26)12-4-5-13-24/h2-3,6-11H,4-5,12-15H2,1H3,(H,25,30). The predicted octanol–water partition coefficient (Wildman–Crippen LogP) is 3.11. The topological polar surface area (TPSA) is 102 Å². The second-order valence-corrected chi connectivity index (χ2v) is 7.97. The Bertz CT molecular complexity index is 1060. The van der Waals surface area contributed by atoms with Crippen molar-refractivity contribution in [2.45, 2.75) is 38.1 Å². The van der Waals surface area contributed by atoms with Gasteiger partial charge in [0.25, 0.3) is 11.8 Å². The van der Waals surface area contributed by atoms with Crippen LogP contribution in [0, 0.1) is 0 Å². The number of nitrogens with zero attached hydrogens (tertiary/aromatic N) is 1. The molecule has 0 radical (unpaired) electrons. The molecule has 2 aliphatic rings. The molecular formula is C24H24N2O6. The second kappa shape index (κ2) is 8.82. The molecule has 0 atom stereocenters. The highest BCUT2D eigenvalue weighted by atomic mass is 16.6. The predicted molar refractivity (Wildman–Crippen MR) is 117 cm³/mol. The molecule has 8 nitrogen and oxygen atoms in total. The van der Waals surface area contributed by atoms with Crippen LogP contribution in [-0.4, -0.2) is 42.3 Å². The highest BCUT2D eigenvalue weighted by Gasteiger charge is 2.52. The molecule has 1 spiro atoms. The Kier molecular flexibility index (Phi) is 5.94. The average Bonchev–Trinajstić information content (AvgIpc) is 3.27. The van der Waals surface area contributed by atoms with Crippen LogP contribution >= 0.6 is 0 Å². The van der Waals surface area contributed by atoms with E-state index in [2.05, 4.69) is 5.32 Å². The van der Waals surface area contributed by atoms with E-state index in [4.69, 9.17) is 9.47 Å². The minimum Gasteiger partial charge on any atom is -0.482 e. The van der Waals surface area contributed by atoms with Gasteiger partial charge in [-0.1, -0.05) is 25.0 Å². The number of nitrogens with one attached hydrogen (secondary N) is 1. The van der Waals surface area contributed by atoms with E-state index in [1.807, 2.05) is 0 Å². The first kappa shape index (κ1) is 21.5. The van der Waals surface area contributed by atoms with E-state index >= 15 is 0 Å². The highest BCUT2D eigenvalue weighted by molar-refractivity contribution is 6.15. The Labute approximate surface area is 185 Å². The van der Waals surface area contributed by atoms with E-state index in [1.54, 1.807) is 48.5 Å². The normalized spacial score (nSPS) is 16.3. The molecule has 1 N–H and O–H groups in total. The lowest BCUT2D eigenvalue weighted by Crippen LogP contribution is -2.61. The maximum absolute atomic E-state index is 13.1. The van der Waals surface area contributed by atoms with Gasteiger partial charge in [-0.3, -0.25) is 19.3 Å². The molecule has 0 unspecified atom stereocenters. The minimum absolute atomic E-state index is 0.0672. The number of carbonyl (C=O) groups excluding carboxylic acids is 4. The maximum Gasteiger partial charge on any atom is 0.344 e. The van der Waals surface area contributed by atoms with Crippen molar-refractivity contribution in [1.82, 2.24) is 0 Å². The van der Waals surface area contributed by atoms with Gasteiger partial charge < -0.3 is 14.8 Å². The highest BCUT2D eigenvalue weighted by Crippen LogP contribution is 2.45. The van der Waals surface area contributed by atoms with Gasteiger partial charge in [-0.05, 0) is 56.2 Å². The number of Topliss-reactive ketones (excluding diaryl/α,β-unsaturated/α-hetero) is 1. The summed E-state index contributed by atoms with van der Waals surface area (Å²) >= 11 is 0. The average molecular weight is 436 g/mol. The summed E-state index contributed by atoms with van der Waals surface area (Å²) in [4.78, 5) is 51.0.